The summed E-state index contributed by atoms with van der Waals surface area (Å²) in [5.74, 6) is 2.78. The maximum absolute atomic E-state index is 2.36. The molecule has 0 unspecified atom stereocenters. The van der Waals surface area contributed by atoms with Crippen LogP contribution < -0.4 is 0 Å². The molecule has 0 heteroatoms. The molecule has 0 atom stereocenters. The van der Waals surface area contributed by atoms with E-state index in [1.165, 1.54) is 44.9 Å². The molecule has 0 radical (unpaired) electrons. The molecule has 0 aliphatic heterocycles. The molecular weight excluding hydrogens is 180 g/mol. The van der Waals surface area contributed by atoms with Crippen molar-refractivity contribution in [1.29, 1.82) is 0 Å². The Morgan fingerprint density at radius 3 is 1.33 bits per heavy atom. The molecule has 92 valence electrons. The third kappa shape index (κ3) is 10.3. The van der Waals surface area contributed by atoms with Gasteiger partial charge in [-0.15, -0.1) is 0 Å². The summed E-state index contributed by atoms with van der Waals surface area (Å²) in [7, 11) is 0. The number of rotatable bonds is 9. The second kappa shape index (κ2) is 9.24. The van der Waals surface area contributed by atoms with Gasteiger partial charge in [0.2, 0.25) is 0 Å². The van der Waals surface area contributed by atoms with Crippen molar-refractivity contribution in [2.75, 3.05) is 0 Å². The maximum atomic E-state index is 2.36. The van der Waals surface area contributed by atoms with E-state index in [4.69, 9.17) is 0 Å². The molecule has 0 N–H and O–H groups in total. The minimum absolute atomic E-state index is 0.887. The normalized spacial score (nSPS) is 12.0. The van der Waals surface area contributed by atoms with Crippen LogP contribution in [-0.4, -0.2) is 0 Å². The van der Waals surface area contributed by atoms with Gasteiger partial charge in [-0.05, 0) is 17.8 Å². The molecule has 0 nitrogen and oxygen atoms in total. The summed E-state index contributed by atoms with van der Waals surface area (Å²) in [4.78, 5) is 0. The second-order valence-electron chi connectivity index (χ2n) is 5.92. The lowest BCUT2D eigenvalue weighted by Gasteiger charge is -2.16. The van der Waals surface area contributed by atoms with Crippen molar-refractivity contribution in [3.63, 3.8) is 0 Å². The van der Waals surface area contributed by atoms with Crippen molar-refractivity contribution in [3.05, 3.63) is 0 Å². The zero-order valence-electron chi connectivity index (χ0n) is 11.7. The van der Waals surface area contributed by atoms with E-state index in [0.717, 1.165) is 17.8 Å². The standard InChI is InChI=1S/C15H32/c1-6-15(11-7-9-13(2)3)12-8-10-14(4)5/h13-15H,6-12H2,1-5H3. The van der Waals surface area contributed by atoms with Crippen molar-refractivity contribution >= 4 is 0 Å². The van der Waals surface area contributed by atoms with E-state index in [-0.39, 0.29) is 0 Å². The van der Waals surface area contributed by atoms with E-state index in [2.05, 4.69) is 34.6 Å². The van der Waals surface area contributed by atoms with Crippen LogP contribution in [0, 0.1) is 17.8 Å². The molecule has 0 aromatic rings. The molecule has 0 amide bonds. The van der Waals surface area contributed by atoms with E-state index in [0.29, 0.717) is 0 Å². The van der Waals surface area contributed by atoms with Gasteiger partial charge >= 0.3 is 0 Å². The Kier molecular flexibility index (Phi) is 9.24. The fourth-order valence-corrected chi connectivity index (χ4v) is 2.18. The summed E-state index contributed by atoms with van der Waals surface area (Å²) in [6.07, 6.45) is 10.0. The molecule has 0 saturated heterocycles. The van der Waals surface area contributed by atoms with Gasteiger partial charge in [0.15, 0.2) is 0 Å². The van der Waals surface area contributed by atoms with Crippen molar-refractivity contribution in [1.82, 2.24) is 0 Å². The van der Waals surface area contributed by atoms with Crippen LogP contribution >= 0.6 is 0 Å². The third-order valence-electron chi connectivity index (χ3n) is 3.37. The van der Waals surface area contributed by atoms with Crippen molar-refractivity contribution in [2.45, 2.75) is 79.6 Å². The molecular formula is C15H32. The minimum Gasteiger partial charge on any atom is -0.0651 e. The lowest BCUT2D eigenvalue weighted by molar-refractivity contribution is 0.375. The Hall–Kier alpha value is 0. The Balaban J connectivity index is 3.46. The molecule has 0 aliphatic carbocycles. The highest BCUT2D eigenvalue weighted by Crippen LogP contribution is 2.22. The predicted octanol–water partition coefficient (Wildman–Crippen LogP) is 5.67. The van der Waals surface area contributed by atoms with Crippen LogP contribution in [0.25, 0.3) is 0 Å². The predicted molar refractivity (Wildman–Crippen MR) is 71.2 cm³/mol. The van der Waals surface area contributed by atoms with Gasteiger partial charge in [-0.1, -0.05) is 79.6 Å². The van der Waals surface area contributed by atoms with Crippen LogP contribution in [0.2, 0.25) is 0 Å². The van der Waals surface area contributed by atoms with Gasteiger partial charge in [0.05, 0.1) is 0 Å². The number of hydrogen-bond acceptors (Lipinski definition) is 0. The van der Waals surface area contributed by atoms with E-state index < -0.39 is 0 Å². The molecule has 15 heavy (non-hydrogen) atoms. The molecule has 0 aromatic heterocycles. The third-order valence-corrected chi connectivity index (χ3v) is 3.37. The lowest BCUT2D eigenvalue weighted by Crippen LogP contribution is -2.01. The minimum atomic E-state index is 0.887. The topological polar surface area (TPSA) is 0 Å². The Bertz CT molecular complexity index is 110. The van der Waals surface area contributed by atoms with Gasteiger partial charge in [0.25, 0.3) is 0 Å². The zero-order chi connectivity index (χ0) is 11.7. The van der Waals surface area contributed by atoms with E-state index >= 15 is 0 Å². The monoisotopic (exact) mass is 212 g/mol. The van der Waals surface area contributed by atoms with Crippen LogP contribution in [0.3, 0.4) is 0 Å². The molecule has 0 rings (SSSR count). The summed E-state index contributed by atoms with van der Waals surface area (Å²) in [5, 5.41) is 0. The summed E-state index contributed by atoms with van der Waals surface area (Å²) in [6, 6.07) is 0. The first kappa shape index (κ1) is 15.0. The summed E-state index contributed by atoms with van der Waals surface area (Å²) in [6.45, 7) is 11.7. The largest absolute Gasteiger partial charge is 0.0651 e. The van der Waals surface area contributed by atoms with Gasteiger partial charge in [-0.25, -0.2) is 0 Å². The zero-order valence-corrected chi connectivity index (χ0v) is 11.7. The van der Waals surface area contributed by atoms with Crippen molar-refractivity contribution in [2.24, 2.45) is 17.8 Å². The molecule has 0 fully saturated rings. The lowest BCUT2D eigenvalue weighted by atomic mass is 9.91. The van der Waals surface area contributed by atoms with Crippen LogP contribution in [0.1, 0.15) is 79.6 Å². The van der Waals surface area contributed by atoms with E-state index in [9.17, 15) is 0 Å². The van der Waals surface area contributed by atoms with Crippen LogP contribution in [0.5, 0.6) is 0 Å². The summed E-state index contributed by atoms with van der Waals surface area (Å²) in [5.41, 5.74) is 0. The van der Waals surface area contributed by atoms with Crippen LogP contribution in [0.15, 0.2) is 0 Å². The molecule has 0 heterocycles. The SMILES string of the molecule is CCC(CCCC(C)C)CCCC(C)C. The molecule has 0 saturated carbocycles. The average molecular weight is 212 g/mol. The van der Waals surface area contributed by atoms with Crippen molar-refractivity contribution in [3.8, 4) is 0 Å². The molecule has 0 aliphatic rings. The quantitative estimate of drug-likeness (QED) is 0.462. The van der Waals surface area contributed by atoms with E-state index in [1.807, 2.05) is 0 Å². The molecule has 0 bridgehead atoms. The summed E-state index contributed by atoms with van der Waals surface area (Å²) >= 11 is 0. The van der Waals surface area contributed by atoms with Gasteiger partial charge in [-0.2, -0.15) is 0 Å². The Morgan fingerprint density at radius 1 is 0.667 bits per heavy atom. The Morgan fingerprint density at radius 2 is 1.07 bits per heavy atom. The Labute approximate surface area is 97.8 Å². The van der Waals surface area contributed by atoms with Gasteiger partial charge in [-0.3, -0.25) is 0 Å². The van der Waals surface area contributed by atoms with Gasteiger partial charge in [0, 0.05) is 0 Å². The van der Waals surface area contributed by atoms with Gasteiger partial charge in [0.1, 0.15) is 0 Å². The molecule has 0 aromatic carbocycles. The fourth-order valence-electron chi connectivity index (χ4n) is 2.18. The smallest absolute Gasteiger partial charge is 0.0417 e. The van der Waals surface area contributed by atoms with Gasteiger partial charge < -0.3 is 0 Å². The fraction of sp³-hybridized carbons (Fsp3) is 1.00. The van der Waals surface area contributed by atoms with Crippen LogP contribution in [-0.2, 0) is 0 Å². The van der Waals surface area contributed by atoms with Crippen LogP contribution in [0.4, 0.5) is 0 Å². The van der Waals surface area contributed by atoms with Crippen molar-refractivity contribution < 1.29 is 0 Å². The summed E-state index contributed by atoms with van der Waals surface area (Å²) < 4.78 is 0. The first-order valence-electron chi connectivity index (χ1n) is 7.06. The first-order valence-corrected chi connectivity index (χ1v) is 7.06. The van der Waals surface area contributed by atoms with E-state index in [1.54, 1.807) is 0 Å². The highest BCUT2D eigenvalue weighted by molar-refractivity contribution is 4.60. The average Bonchev–Trinajstić information content (AvgIpc) is 2.14. The highest BCUT2D eigenvalue weighted by atomic mass is 14.1. The molecule has 0 spiro atoms. The highest BCUT2D eigenvalue weighted by Gasteiger charge is 2.07. The second-order valence-corrected chi connectivity index (χ2v) is 5.92. The maximum Gasteiger partial charge on any atom is -0.0417 e. The first-order chi connectivity index (χ1) is 7.06. The number of hydrogen-bond donors (Lipinski definition) is 0.